The van der Waals surface area contributed by atoms with Crippen LogP contribution in [0.5, 0.6) is 0 Å². The Morgan fingerprint density at radius 2 is 2.16 bits per heavy atom. The summed E-state index contributed by atoms with van der Waals surface area (Å²) in [5.74, 6) is -1.60. The third-order valence-corrected chi connectivity index (χ3v) is 3.57. The number of hydrogen-bond acceptors (Lipinski definition) is 3. The number of carbonyl (C=O) groups is 2. The maximum Gasteiger partial charge on any atom is 0.320 e. The molecule has 0 aliphatic carbocycles. The molecule has 0 aromatic rings. The minimum Gasteiger partial charge on any atom is -0.481 e. The van der Waals surface area contributed by atoms with Gasteiger partial charge in [0, 0.05) is 26.2 Å². The fourth-order valence-corrected chi connectivity index (χ4v) is 2.36. The highest BCUT2D eigenvalue weighted by Gasteiger charge is 2.38. The lowest BCUT2D eigenvalue weighted by molar-refractivity contribution is -0.142. The molecule has 1 fully saturated rings. The Morgan fingerprint density at radius 1 is 1.53 bits per heavy atom. The molecular weight excluding hydrogens is 246 g/mol. The minimum absolute atomic E-state index is 0.0338. The van der Waals surface area contributed by atoms with Crippen molar-refractivity contribution in [2.24, 2.45) is 17.8 Å². The van der Waals surface area contributed by atoms with Gasteiger partial charge in [-0.2, -0.15) is 5.26 Å². The van der Waals surface area contributed by atoms with Gasteiger partial charge in [0.25, 0.3) is 0 Å². The summed E-state index contributed by atoms with van der Waals surface area (Å²) in [6.45, 7) is 7.10. The highest BCUT2D eigenvalue weighted by atomic mass is 16.4. The largest absolute Gasteiger partial charge is 0.481 e. The molecule has 0 radical (unpaired) electrons. The van der Waals surface area contributed by atoms with E-state index in [1.807, 2.05) is 13.8 Å². The predicted octanol–water partition coefficient (Wildman–Crippen LogP) is 1.24. The van der Waals surface area contributed by atoms with Crippen LogP contribution in [0.3, 0.4) is 0 Å². The molecule has 1 aliphatic rings. The van der Waals surface area contributed by atoms with Crippen molar-refractivity contribution in [3.8, 4) is 6.07 Å². The van der Waals surface area contributed by atoms with Gasteiger partial charge < -0.3 is 14.9 Å². The van der Waals surface area contributed by atoms with Crippen LogP contribution in [-0.2, 0) is 4.79 Å². The highest BCUT2D eigenvalue weighted by molar-refractivity contribution is 5.77. The lowest BCUT2D eigenvalue weighted by Gasteiger charge is -2.27. The van der Waals surface area contributed by atoms with Crippen LogP contribution in [0.2, 0.25) is 0 Å². The summed E-state index contributed by atoms with van der Waals surface area (Å²) in [5.41, 5.74) is 0. The Morgan fingerprint density at radius 3 is 2.58 bits per heavy atom. The Balaban J connectivity index is 2.67. The number of hydrogen-bond donors (Lipinski definition) is 1. The molecule has 0 spiro atoms. The highest BCUT2D eigenvalue weighted by Crippen LogP contribution is 2.24. The van der Waals surface area contributed by atoms with Gasteiger partial charge in [0.15, 0.2) is 0 Å². The van der Waals surface area contributed by atoms with Crippen molar-refractivity contribution >= 4 is 12.0 Å². The van der Waals surface area contributed by atoms with Gasteiger partial charge in [-0.15, -0.1) is 0 Å². The average molecular weight is 267 g/mol. The summed E-state index contributed by atoms with van der Waals surface area (Å²) in [7, 11) is 0. The van der Waals surface area contributed by atoms with E-state index in [9.17, 15) is 9.59 Å². The molecule has 1 rings (SSSR count). The molecule has 0 aromatic carbocycles. The SMILES string of the molecule is CCN(CC(C)C#N)C(=O)N1CC(C)C(C(=O)O)C1. The fraction of sp³-hybridized carbons (Fsp3) is 0.769. The smallest absolute Gasteiger partial charge is 0.320 e. The van der Waals surface area contributed by atoms with Crippen LogP contribution in [0.15, 0.2) is 0 Å². The molecule has 19 heavy (non-hydrogen) atoms. The molecule has 6 nitrogen and oxygen atoms in total. The quantitative estimate of drug-likeness (QED) is 0.830. The van der Waals surface area contributed by atoms with Crippen LogP contribution >= 0.6 is 0 Å². The number of nitriles is 1. The van der Waals surface area contributed by atoms with Crippen LogP contribution in [0.1, 0.15) is 20.8 Å². The number of carbonyl (C=O) groups excluding carboxylic acids is 1. The lowest BCUT2D eigenvalue weighted by Crippen LogP contribution is -2.44. The second-order valence-electron chi connectivity index (χ2n) is 5.18. The maximum absolute atomic E-state index is 12.3. The van der Waals surface area contributed by atoms with E-state index in [1.54, 1.807) is 16.7 Å². The Labute approximate surface area is 113 Å². The Hall–Kier alpha value is -1.77. The molecule has 3 unspecified atom stereocenters. The summed E-state index contributed by atoms with van der Waals surface area (Å²) in [6, 6.07) is 1.94. The van der Waals surface area contributed by atoms with Crippen LogP contribution in [0, 0.1) is 29.1 Å². The van der Waals surface area contributed by atoms with E-state index in [1.165, 1.54) is 0 Å². The van der Waals surface area contributed by atoms with Gasteiger partial charge in [-0.05, 0) is 19.8 Å². The first kappa shape index (κ1) is 15.3. The van der Waals surface area contributed by atoms with Crippen molar-refractivity contribution < 1.29 is 14.7 Å². The zero-order chi connectivity index (χ0) is 14.6. The molecule has 0 saturated carbocycles. The summed E-state index contributed by atoms with van der Waals surface area (Å²) < 4.78 is 0. The lowest BCUT2D eigenvalue weighted by atomic mass is 9.99. The van der Waals surface area contributed by atoms with Gasteiger partial charge in [0.05, 0.1) is 17.9 Å². The molecule has 1 heterocycles. The van der Waals surface area contributed by atoms with E-state index in [0.29, 0.717) is 19.6 Å². The average Bonchev–Trinajstić information content (AvgIpc) is 2.77. The molecule has 6 heteroatoms. The second kappa shape index (κ2) is 6.41. The van der Waals surface area contributed by atoms with Gasteiger partial charge in [-0.3, -0.25) is 4.79 Å². The van der Waals surface area contributed by atoms with E-state index in [0.717, 1.165) is 0 Å². The van der Waals surface area contributed by atoms with Crippen molar-refractivity contribution in [3.05, 3.63) is 0 Å². The zero-order valence-corrected chi connectivity index (χ0v) is 11.7. The van der Waals surface area contributed by atoms with E-state index in [2.05, 4.69) is 6.07 Å². The van der Waals surface area contributed by atoms with Crippen molar-refractivity contribution in [1.29, 1.82) is 5.26 Å². The van der Waals surface area contributed by atoms with E-state index >= 15 is 0 Å². The van der Waals surface area contributed by atoms with Crippen LogP contribution in [0.4, 0.5) is 4.79 Å². The predicted molar refractivity (Wildman–Crippen MR) is 69.3 cm³/mol. The second-order valence-corrected chi connectivity index (χ2v) is 5.18. The first-order valence-electron chi connectivity index (χ1n) is 6.56. The Bertz CT molecular complexity index is 391. The molecule has 1 N–H and O–H groups in total. The first-order valence-corrected chi connectivity index (χ1v) is 6.56. The normalized spacial score (nSPS) is 23.8. The third kappa shape index (κ3) is 3.60. The molecular formula is C13H21N3O3. The van der Waals surface area contributed by atoms with Gasteiger partial charge in [0.1, 0.15) is 0 Å². The number of amides is 2. The van der Waals surface area contributed by atoms with Crippen LogP contribution < -0.4 is 0 Å². The van der Waals surface area contributed by atoms with Gasteiger partial charge >= 0.3 is 12.0 Å². The van der Waals surface area contributed by atoms with Crippen LogP contribution in [-0.4, -0.2) is 53.1 Å². The maximum atomic E-state index is 12.3. The zero-order valence-electron chi connectivity index (χ0n) is 11.7. The number of likely N-dealkylation sites (tertiary alicyclic amines) is 1. The number of aliphatic carboxylic acids is 1. The van der Waals surface area contributed by atoms with E-state index < -0.39 is 11.9 Å². The molecule has 0 bridgehead atoms. The Kier molecular flexibility index (Phi) is 5.16. The van der Waals surface area contributed by atoms with Crippen molar-refractivity contribution in [2.75, 3.05) is 26.2 Å². The monoisotopic (exact) mass is 267 g/mol. The minimum atomic E-state index is -0.851. The molecule has 3 atom stereocenters. The number of rotatable bonds is 4. The summed E-state index contributed by atoms with van der Waals surface area (Å²) in [4.78, 5) is 26.5. The summed E-state index contributed by atoms with van der Waals surface area (Å²) in [6.07, 6.45) is 0. The van der Waals surface area contributed by atoms with Crippen LogP contribution in [0.25, 0.3) is 0 Å². The summed E-state index contributed by atoms with van der Waals surface area (Å²) in [5, 5.41) is 17.9. The number of carboxylic acids is 1. The number of carboxylic acid groups (broad SMARTS) is 1. The molecule has 106 valence electrons. The molecule has 0 aromatic heterocycles. The third-order valence-electron chi connectivity index (χ3n) is 3.57. The van der Waals surface area contributed by atoms with Crippen molar-refractivity contribution in [1.82, 2.24) is 9.80 Å². The number of urea groups is 1. The molecule has 1 aliphatic heterocycles. The van der Waals surface area contributed by atoms with Crippen molar-refractivity contribution in [3.63, 3.8) is 0 Å². The standard InChI is InChI=1S/C13H21N3O3/c1-4-15(6-9(2)5-14)13(19)16-7-10(3)11(8-16)12(17)18/h9-11H,4,6-8H2,1-3H3,(H,17,18). The number of nitrogens with zero attached hydrogens (tertiary/aromatic N) is 3. The van der Waals surface area contributed by atoms with Gasteiger partial charge in [0.2, 0.25) is 0 Å². The molecule has 1 saturated heterocycles. The van der Waals surface area contributed by atoms with Gasteiger partial charge in [-0.25, -0.2) is 4.79 Å². The topological polar surface area (TPSA) is 84.6 Å². The van der Waals surface area contributed by atoms with Gasteiger partial charge in [-0.1, -0.05) is 6.92 Å². The van der Waals surface area contributed by atoms with E-state index in [4.69, 9.17) is 10.4 Å². The summed E-state index contributed by atoms with van der Waals surface area (Å²) >= 11 is 0. The van der Waals surface area contributed by atoms with Crippen molar-refractivity contribution in [2.45, 2.75) is 20.8 Å². The van der Waals surface area contributed by atoms with E-state index in [-0.39, 0.29) is 24.4 Å². The fourth-order valence-electron chi connectivity index (χ4n) is 2.36. The first-order chi connectivity index (χ1) is 8.90. The molecule has 2 amide bonds.